The van der Waals surface area contributed by atoms with Crippen LogP contribution in [0.3, 0.4) is 0 Å². The molecule has 6 heterocycles. The number of hydrogen-bond acceptors (Lipinski definition) is 7. The first-order valence-corrected chi connectivity index (χ1v) is 13.4. The number of rotatable bonds is 5. The zero-order chi connectivity index (χ0) is 25.1. The summed E-state index contributed by atoms with van der Waals surface area (Å²) < 4.78 is 1.89. The summed E-state index contributed by atoms with van der Waals surface area (Å²) in [6.45, 7) is 6.61. The van der Waals surface area contributed by atoms with Crippen molar-refractivity contribution in [1.29, 1.82) is 0 Å². The first-order valence-electron chi connectivity index (χ1n) is 13.4. The van der Waals surface area contributed by atoms with Gasteiger partial charge in [0, 0.05) is 66.5 Å². The molecule has 2 saturated heterocycles. The largest absolute Gasteiger partial charge is 0.370 e. The molecule has 9 heteroatoms. The van der Waals surface area contributed by atoms with Crippen LogP contribution in [0, 0.1) is 17.8 Å². The summed E-state index contributed by atoms with van der Waals surface area (Å²) in [5, 5.41) is 9.78. The second kappa shape index (κ2) is 8.76. The van der Waals surface area contributed by atoms with E-state index in [1.807, 2.05) is 23.0 Å². The van der Waals surface area contributed by atoms with Crippen LogP contribution in [0.4, 0.5) is 11.5 Å². The van der Waals surface area contributed by atoms with Gasteiger partial charge in [0.25, 0.3) is 0 Å². The van der Waals surface area contributed by atoms with Gasteiger partial charge >= 0.3 is 0 Å². The van der Waals surface area contributed by atoms with Gasteiger partial charge in [-0.2, -0.15) is 0 Å². The van der Waals surface area contributed by atoms with Crippen molar-refractivity contribution < 1.29 is 4.79 Å². The average molecular weight is 497 g/mol. The highest BCUT2D eigenvalue weighted by molar-refractivity contribution is 6.00. The fourth-order valence-corrected chi connectivity index (χ4v) is 6.22. The maximum Gasteiger partial charge on any atom is 0.228 e. The van der Waals surface area contributed by atoms with Crippen molar-refractivity contribution in [2.75, 3.05) is 43.4 Å². The molecule has 4 aromatic rings. The Hall–Kier alpha value is -3.59. The fraction of sp³-hybridized carbons (Fsp3) is 0.464. The smallest absolute Gasteiger partial charge is 0.228 e. The van der Waals surface area contributed by atoms with Crippen molar-refractivity contribution in [3.05, 3.63) is 42.5 Å². The molecule has 1 saturated carbocycles. The summed E-state index contributed by atoms with van der Waals surface area (Å²) in [7, 11) is 2.24. The number of aryl methyl sites for hydroxylation is 1. The number of amides is 1. The van der Waals surface area contributed by atoms with Gasteiger partial charge in [-0.25, -0.2) is 14.5 Å². The van der Waals surface area contributed by atoms with Gasteiger partial charge in [-0.15, -0.1) is 5.10 Å². The Balaban J connectivity index is 1.24. The standard InChI is InChI=1S/C28H32N8O/c1-3-24-22-10-30-25(31-28(37)19-4-5-19)9-21(22)23(11-29-24)27-32-26-7-6-20(16-36(26)33-27)35-14-17-8-18(15-35)13-34(2)12-17/h6-7,9-11,16-19H,3-5,8,12-15H2,1-2H3,(H,30,31,37). The van der Waals surface area contributed by atoms with Crippen molar-refractivity contribution in [3.8, 4) is 11.4 Å². The molecule has 4 aromatic heterocycles. The highest BCUT2D eigenvalue weighted by Crippen LogP contribution is 2.34. The molecule has 1 N–H and O–H groups in total. The van der Waals surface area contributed by atoms with E-state index in [2.05, 4.69) is 52.4 Å². The van der Waals surface area contributed by atoms with Gasteiger partial charge < -0.3 is 15.1 Å². The molecule has 190 valence electrons. The third-order valence-electron chi connectivity index (χ3n) is 8.07. The Kier molecular flexibility index (Phi) is 5.35. The van der Waals surface area contributed by atoms with Crippen LogP contribution in [-0.4, -0.2) is 68.6 Å². The molecule has 0 spiro atoms. The number of nitrogens with one attached hydrogen (secondary N) is 1. The molecule has 2 unspecified atom stereocenters. The molecule has 2 atom stereocenters. The number of aromatic nitrogens is 5. The Morgan fingerprint density at radius 3 is 2.62 bits per heavy atom. The van der Waals surface area contributed by atoms with Crippen molar-refractivity contribution >= 4 is 33.8 Å². The van der Waals surface area contributed by atoms with Crippen molar-refractivity contribution in [3.63, 3.8) is 0 Å². The van der Waals surface area contributed by atoms with Crippen LogP contribution in [-0.2, 0) is 11.2 Å². The van der Waals surface area contributed by atoms with Crippen LogP contribution in [0.25, 0.3) is 27.8 Å². The summed E-state index contributed by atoms with van der Waals surface area (Å²) in [5.74, 6) is 2.79. The zero-order valence-corrected chi connectivity index (χ0v) is 21.4. The lowest BCUT2D eigenvalue weighted by Gasteiger charge is -2.45. The highest BCUT2D eigenvalue weighted by Gasteiger charge is 2.33. The van der Waals surface area contributed by atoms with Gasteiger partial charge in [0.2, 0.25) is 5.91 Å². The lowest BCUT2D eigenvalue weighted by molar-refractivity contribution is -0.117. The second-order valence-electron chi connectivity index (χ2n) is 11.1. The lowest BCUT2D eigenvalue weighted by Crippen LogP contribution is -2.51. The van der Waals surface area contributed by atoms with Gasteiger partial charge in [0.05, 0.1) is 11.9 Å². The molecule has 37 heavy (non-hydrogen) atoms. The third kappa shape index (κ3) is 4.21. The summed E-state index contributed by atoms with van der Waals surface area (Å²) in [6.07, 6.45) is 9.81. The van der Waals surface area contributed by atoms with Gasteiger partial charge in [-0.3, -0.25) is 9.78 Å². The number of pyridine rings is 3. The monoisotopic (exact) mass is 496 g/mol. The number of carbonyl (C=O) groups excluding carboxylic acids is 1. The molecule has 0 radical (unpaired) electrons. The molecule has 7 rings (SSSR count). The number of carbonyl (C=O) groups is 1. The Morgan fingerprint density at radius 1 is 1.05 bits per heavy atom. The number of hydrogen-bond donors (Lipinski definition) is 1. The van der Waals surface area contributed by atoms with E-state index in [0.29, 0.717) is 11.6 Å². The van der Waals surface area contributed by atoms with Crippen LogP contribution in [0.2, 0.25) is 0 Å². The molecule has 2 bridgehead atoms. The molecule has 9 nitrogen and oxygen atoms in total. The number of anilines is 2. The fourth-order valence-electron chi connectivity index (χ4n) is 6.22. The second-order valence-corrected chi connectivity index (χ2v) is 11.1. The predicted octanol–water partition coefficient (Wildman–Crippen LogP) is 3.64. The van der Waals surface area contributed by atoms with E-state index in [0.717, 1.165) is 71.9 Å². The molecule has 1 aliphatic carbocycles. The molecule has 3 fully saturated rings. The number of likely N-dealkylation sites (tertiary alicyclic amines) is 1. The topological polar surface area (TPSA) is 91.5 Å². The minimum absolute atomic E-state index is 0.0463. The summed E-state index contributed by atoms with van der Waals surface area (Å²) in [6, 6.07) is 6.16. The maximum atomic E-state index is 12.4. The molecular formula is C28H32N8O. The lowest BCUT2D eigenvalue weighted by atomic mass is 9.85. The minimum Gasteiger partial charge on any atom is -0.370 e. The number of piperidine rings is 2. The van der Waals surface area contributed by atoms with Crippen LogP contribution in [0.15, 0.2) is 36.8 Å². The number of fused-ring (bicyclic) bond motifs is 4. The maximum absolute atomic E-state index is 12.4. The van der Waals surface area contributed by atoms with Crippen LogP contribution in [0.1, 0.15) is 31.9 Å². The van der Waals surface area contributed by atoms with Gasteiger partial charge in [0.15, 0.2) is 11.5 Å². The summed E-state index contributed by atoms with van der Waals surface area (Å²) in [4.78, 5) is 31.4. The zero-order valence-electron chi connectivity index (χ0n) is 21.4. The van der Waals surface area contributed by atoms with Crippen LogP contribution < -0.4 is 10.2 Å². The van der Waals surface area contributed by atoms with E-state index >= 15 is 0 Å². The highest BCUT2D eigenvalue weighted by atomic mass is 16.2. The van der Waals surface area contributed by atoms with E-state index < -0.39 is 0 Å². The van der Waals surface area contributed by atoms with E-state index in [-0.39, 0.29) is 11.8 Å². The van der Waals surface area contributed by atoms with Crippen molar-refractivity contribution in [2.45, 2.75) is 32.6 Å². The molecular weight excluding hydrogens is 464 g/mol. The third-order valence-corrected chi connectivity index (χ3v) is 8.07. The predicted molar refractivity (Wildman–Crippen MR) is 144 cm³/mol. The van der Waals surface area contributed by atoms with Gasteiger partial charge in [-0.05, 0) is 62.8 Å². The SMILES string of the molecule is CCc1ncc(-c2nc3ccc(N4CC5CC(CN(C)C5)C4)cn3n2)c2cc(NC(=O)C3CC3)ncc12. The van der Waals surface area contributed by atoms with Gasteiger partial charge in [-0.1, -0.05) is 6.92 Å². The van der Waals surface area contributed by atoms with E-state index in [4.69, 9.17) is 15.1 Å². The average Bonchev–Trinajstić information content (AvgIpc) is 3.66. The summed E-state index contributed by atoms with van der Waals surface area (Å²) >= 11 is 0. The first-order chi connectivity index (χ1) is 18.0. The quantitative estimate of drug-likeness (QED) is 0.451. The van der Waals surface area contributed by atoms with Crippen molar-refractivity contribution in [1.82, 2.24) is 29.5 Å². The molecule has 3 aliphatic rings. The molecule has 1 amide bonds. The number of nitrogens with zero attached hydrogens (tertiary/aromatic N) is 7. The van der Waals surface area contributed by atoms with E-state index in [1.165, 1.54) is 25.2 Å². The first kappa shape index (κ1) is 22.6. The van der Waals surface area contributed by atoms with Gasteiger partial charge in [0.1, 0.15) is 5.82 Å². The Morgan fingerprint density at radius 2 is 1.86 bits per heavy atom. The van der Waals surface area contributed by atoms with Crippen LogP contribution >= 0.6 is 0 Å². The van der Waals surface area contributed by atoms with E-state index in [9.17, 15) is 4.79 Å². The van der Waals surface area contributed by atoms with Crippen molar-refractivity contribution in [2.24, 2.45) is 17.8 Å². The van der Waals surface area contributed by atoms with E-state index in [1.54, 1.807) is 0 Å². The van der Waals surface area contributed by atoms with Crippen LogP contribution in [0.5, 0.6) is 0 Å². The molecule has 2 aliphatic heterocycles. The Bertz CT molecular complexity index is 1490. The minimum atomic E-state index is 0.0463. The summed E-state index contributed by atoms with van der Waals surface area (Å²) in [5.41, 5.74) is 3.82. The Labute approximate surface area is 215 Å². The normalized spacial score (nSPS) is 22.1. The molecule has 0 aromatic carbocycles.